The van der Waals surface area contributed by atoms with E-state index >= 15 is 0 Å². The summed E-state index contributed by atoms with van der Waals surface area (Å²) in [5.74, 6) is 1.71. The minimum Gasteiger partial charge on any atom is -0.486 e. The second kappa shape index (κ2) is 6.84. The number of fused-ring (bicyclic) bond motifs is 1. The van der Waals surface area contributed by atoms with Crippen molar-refractivity contribution >= 4 is 16.3 Å². The topological polar surface area (TPSA) is 64.8 Å². The Kier molecular flexibility index (Phi) is 4.42. The van der Waals surface area contributed by atoms with Crippen LogP contribution in [0, 0.1) is 6.92 Å². The van der Waals surface area contributed by atoms with Gasteiger partial charge >= 0.3 is 0 Å². The van der Waals surface area contributed by atoms with Crippen molar-refractivity contribution in [2.24, 2.45) is 0 Å². The van der Waals surface area contributed by atoms with Crippen LogP contribution in [0.1, 0.15) is 16.4 Å². The number of aryl methyl sites for hydroxylation is 1. The van der Waals surface area contributed by atoms with E-state index in [9.17, 15) is 0 Å². The van der Waals surface area contributed by atoms with Gasteiger partial charge in [0.15, 0.2) is 10.8 Å². The molecular formula is C16H19N5O2S. The molecule has 4 rings (SSSR count). The molecule has 0 saturated carbocycles. The summed E-state index contributed by atoms with van der Waals surface area (Å²) in [6, 6.07) is 8.02. The van der Waals surface area contributed by atoms with Crippen LogP contribution in [-0.4, -0.2) is 51.0 Å². The molecule has 3 aromatic rings. The van der Waals surface area contributed by atoms with Gasteiger partial charge in [-0.3, -0.25) is 4.90 Å². The highest BCUT2D eigenvalue weighted by atomic mass is 32.1. The fraction of sp³-hybridized carbons (Fsp3) is 0.438. The third kappa shape index (κ3) is 3.40. The van der Waals surface area contributed by atoms with Gasteiger partial charge < -0.3 is 9.47 Å². The highest BCUT2D eigenvalue weighted by molar-refractivity contribution is 7.16. The maximum Gasteiger partial charge on any atom is 0.234 e. The first-order valence-electron chi connectivity index (χ1n) is 7.97. The highest BCUT2D eigenvalue weighted by Crippen LogP contribution is 2.18. The van der Waals surface area contributed by atoms with Crippen LogP contribution in [0.4, 0.5) is 0 Å². The molecular weight excluding hydrogens is 326 g/mol. The molecule has 24 heavy (non-hydrogen) atoms. The summed E-state index contributed by atoms with van der Waals surface area (Å²) in [4.78, 5) is 3.11. The lowest BCUT2D eigenvalue weighted by Crippen LogP contribution is -2.36. The second-order valence-electron chi connectivity index (χ2n) is 5.80. The predicted molar refractivity (Wildman–Crippen MR) is 90.3 cm³/mol. The molecule has 1 aromatic carbocycles. The smallest absolute Gasteiger partial charge is 0.234 e. The summed E-state index contributed by atoms with van der Waals surface area (Å²) >= 11 is 1.51. The molecule has 1 saturated heterocycles. The van der Waals surface area contributed by atoms with Gasteiger partial charge in [-0.05, 0) is 19.1 Å². The van der Waals surface area contributed by atoms with E-state index in [4.69, 9.17) is 9.47 Å². The molecule has 0 aliphatic carbocycles. The minimum absolute atomic E-state index is 0.439. The van der Waals surface area contributed by atoms with E-state index in [1.807, 2.05) is 28.8 Å². The molecule has 2 aromatic heterocycles. The zero-order valence-electron chi connectivity index (χ0n) is 13.5. The Balaban J connectivity index is 1.44. The maximum absolute atomic E-state index is 5.80. The first-order chi connectivity index (χ1) is 11.8. The monoisotopic (exact) mass is 345 g/mol. The molecule has 0 atom stereocenters. The number of morpholine rings is 1. The van der Waals surface area contributed by atoms with Gasteiger partial charge in [-0.2, -0.15) is 9.61 Å². The lowest BCUT2D eigenvalue weighted by atomic mass is 10.2. The van der Waals surface area contributed by atoms with E-state index in [1.54, 1.807) is 0 Å². The normalized spacial score (nSPS) is 15.9. The van der Waals surface area contributed by atoms with Crippen molar-refractivity contribution < 1.29 is 9.47 Å². The van der Waals surface area contributed by atoms with Crippen molar-refractivity contribution in [2.45, 2.75) is 20.1 Å². The molecule has 0 bridgehead atoms. The van der Waals surface area contributed by atoms with E-state index in [2.05, 4.69) is 27.1 Å². The van der Waals surface area contributed by atoms with Crippen LogP contribution in [0.2, 0.25) is 0 Å². The quantitative estimate of drug-likeness (QED) is 0.704. The summed E-state index contributed by atoms with van der Waals surface area (Å²) in [5.41, 5.74) is 1.22. The van der Waals surface area contributed by atoms with Crippen molar-refractivity contribution in [3.8, 4) is 5.75 Å². The molecule has 126 valence electrons. The Morgan fingerprint density at radius 1 is 1.17 bits per heavy atom. The van der Waals surface area contributed by atoms with Gasteiger partial charge in [0.25, 0.3) is 0 Å². The molecule has 8 heteroatoms. The minimum atomic E-state index is 0.439. The summed E-state index contributed by atoms with van der Waals surface area (Å²) in [6.45, 7) is 6.62. The number of rotatable bonds is 5. The first-order valence-corrected chi connectivity index (χ1v) is 8.79. The third-order valence-corrected chi connectivity index (χ3v) is 4.82. The molecule has 1 aliphatic rings. The number of hydrogen-bond donors (Lipinski definition) is 0. The largest absolute Gasteiger partial charge is 0.486 e. The summed E-state index contributed by atoms with van der Waals surface area (Å²) in [7, 11) is 0. The van der Waals surface area contributed by atoms with Gasteiger partial charge in [0.1, 0.15) is 12.4 Å². The molecule has 0 radical (unpaired) electrons. The van der Waals surface area contributed by atoms with Crippen LogP contribution in [0.15, 0.2) is 24.3 Å². The van der Waals surface area contributed by atoms with Gasteiger partial charge in [-0.1, -0.05) is 29.0 Å². The fourth-order valence-corrected chi connectivity index (χ4v) is 3.36. The molecule has 7 nitrogen and oxygen atoms in total. The number of benzene rings is 1. The molecule has 0 N–H and O–H groups in total. The number of aromatic nitrogens is 4. The predicted octanol–water partition coefficient (Wildman–Crippen LogP) is 1.91. The molecule has 0 unspecified atom stereocenters. The van der Waals surface area contributed by atoms with E-state index in [0.717, 1.165) is 54.4 Å². The number of nitrogens with zero attached hydrogens (tertiary/aromatic N) is 5. The maximum atomic E-state index is 5.80. The standard InChI is InChI=1S/C16H19N5O2S/c1-12-2-4-13(5-3-12)23-11-15-19-21-14(17-18-16(21)24-15)10-20-6-8-22-9-7-20/h2-5H,6-11H2,1H3. The summed E-state index contributed by atoms with van der Waals surface area (Å²) < 4.78 is 13.0. The number of hydrogen-bond acceptors (Lipinski definition) is 7. The zero-order valence-corrected chi connectivity index (χ0v) is 14.3. The van der Waals surface area contributed by atoms with Crippen molar-refractivity contribution in [3.63, 3.8) is 0 Å². The van der Waals surface area contributed by atoms with Crippen LogP contribution in [0.3, 0.4) is 0 Å². The Bertz CT molecular complexity index is 808. The Hall–Kier alpha value is -2.03. The third-order valence-electron chi connectivity index (χ3n) is 3.95. The van der Waals surface area contributed by atoms with E-state index in [1.165, 1.54) is 16.9 Å². The fourth-order valence-electron chi connectivity index (χ4n) is 2.59. The van der Waals surface area contributed by atoms with Gasteiger partial charge in [0.2, 0.25) is 4.96 Å². The van der Waals surface area contributed by atoms with E-state index < -0.39 is 0 Å². The molecule has 0 spiro atoms. The van der Waals surface area contributed by atoms with Crippen molar-refractivity contribution in [3.05, 3.63) is 40.7 Å². The summed E-state index contributed by atoms with van der Waals surface area (Å²) in [6.07, 6.45) is 0. The van der Waals surface area contributed by atoms with E-state index in [0.29, 0.717) is 6.61 Å². The SMILES string of the molecule is Cc1ccc(OCc2nn3c(CN4CCOCC4)nnc3s2)cc1. The first kappa shape index (κ1) is 15.5. The van der Waals surface area contributed by atoms with Crippen LogP contribution >= 0.6 is 11.3 Å². The molecule has 1 aliphatic heterocycles. The highest BCUT2D eigenvalue weighted by Gasteiger charge is 2.17. The van der Waals surface area contributed by atoms with Crippen molar-refractivity contribution in [1.82, 2.24) is 24.7 Å². The summed E-state index contributed by atoms with van der Waals surface area (Å²) in [5, 5.41) is 14.0. The molecule has 3 heterocycles. The van der Waals surface area contributed by atoms with Gasteiger partial charge in [-0.25, -0.2) is 0 Å². The Labute approximate surface area is 143 Å². The molecule has 0 amide bonds. The van der Waals surface area contributed by atoms with Crippen LogP contribution < -0.4 is 4.74 Å². The molecule has 1 fully saturated rings. The van der Waals surface area contributed by atoms with Crippen LogP contribution in [0.5, 0.6) is 5.75 Å². The second-order valence-corrected chi connectivity index (χ2v) is 6.84. The number of ether oxygens (including phenoxy) is 2. The van der Waals surface area contributed by atoms with E-state index in [-0.39, 0.29) is 0 Å². The van der Waals surface area contributed by atoms with Gasteiger partial charge in [-0.15, -0.1) is 10.2 Å². The van der Waals surface area contributed by atoms with Crippen LogP contribution in [0.25, 0.3) is 4.96 Å². The lowest BCUT2D eigenvalue weighted by Gasteiger charge is -2.25. The van der Waals surface area contributed by atoms with Crippen molar-refractivity contribution in [1.29, 1.82) is 0 Å². The Morgan fingerprint density at radius 2 is 1.96 bits per heavy atom. The van der Waals surface area contributed by atoms with Crippen LogP contribution in [-0.2, 0) is 17.9 Å². The average molecular weight is 345 g/mol. The average Bonchev–Trinajstić information content (AvgIpc) is 3.17. The van der Waals surface area contributed by atoms with Gasteiger partial charge in [0.05, 0.1) is 19.8 Å². The zero-order chi connectivity index (χ0) is 16.4. The Morgan fingerprint density at radius 3 is 2.75 bits per heavy atom. The van der Waals surface area contributed by atoms with Crippen molar-refractivity contribution in [2.75, 3.05) is 26.3 Å². The van der Waals surface area contributed by atoms with Gasteiger partial charge in [0, 0.05) is 13.1 Å². The lowest BCUT2D eigenvalue weighted by molar-refractivity contribution is 0.0328.